The summed E-state index contributed by atoms with van der Waals surface area (Å²) in [5, 5.41) is 10.6. The van der Waals surface area contributed by atoms with Gasteiger partial charge < -0.3 is 33.8 Å². The molecule has 100 heavy (non-hydrogen) atoms. The van der Waals surface area contributed by atoms with E-state index in [1.165, 1.54) is 103 Å². The van der Waals surface area contributed by atoms with Gasteiger partial charge in [-0.05, 0) is 141 Å². The second-order valence-electron chi connectivity index (χ2n) is 26.7. The monoisotopic (exact) mass is 1450 g/mol. The summed E-state index contributed by atoms with van der Waals surface area (Å²) >= 11 is 0. The lowest BCUT2D eigenvalue weighted by Crippen LogP contribution is -2.30. The topological polar surface area (TPSA) is 237 Å². The van der Waals surface area contributed by atoms with Gasteiger partial charge in [0.2, 0.25) is 0 Å². The Morgan fingerprint density at radius 3 is 0.840 bits per heavy atom. The molecule has 580 valence electrons. The van der Waals surface area contributed by atoms with Crippen molar-refractivity contribution >= 4 is 39.5 Å². The molecule has 0 aromatic rings. The van der Waals surface area contributed by atoms with E-state index in [4.69, 9.17) is 37.0 Å². The van der Waals surface area contributed by atoms with Gasteiger partial charge in [-0.2, -0.15) is 0 Å². The van der Waals surface area contributed by atoms with Crippen molar-refractivity contribution in [2.24, 2.45) is 0 Å². The lowest BCUT2D eigenvalue weighted by Gasteiger charge is -2.21. The molecule has 5 atom stereocenters. The first-order valence-electron chi connectivity index (χ1n) is 39.8. The Morgan fingerprint density at radius 1 is 0.290 bits per heavy atom. The molecule has 0 heterocycles. The van der Waals surface area contributed by atoms with Gasteiger partial charge in [-0.25, -0.2) is 9.13 Å². The smallest absolute Gasteiger partial charge is 0.462 e. The van der Waals surface area contributed by atoms with Crippen LogP contribution < -0.4 is 0 Å². The van der Waals surface area contributed by atoms with Gasteiger partial charge in [-0.3, -0.25) is 37.3 Å². The van der Waals surface area contributed by atoms with Crippen LogP contribution in [0.3, 0.4) is 0 Å². The Morgan fingerprint density at radius 2 is 0.520 bits per heavy atom. The molecule has 0 bridgehead atoms. The van der Waals surface area contributed by atoms with E-state index in [9.17, 15) is 43.2 Å². The van der Waals surface area contributed by atoms with E-state index >= 15 is 0 Å². The van der Waals surface area contributed by atoms with Crippen molar-refractivity contribution in [1.29, 1.82) is 0 Å². The molecule has 0 radical (unpaired) electrons. The summed E-state index contributed by atoms with van der Waals surface area (Å²) < 4.78 is 68.6. The molecule has 0 aromatic carbocycles. The third-order valence-electron chi connectivity index (χ3n) is 16.8. The summed E-state index contributed by atoms with van der Waals surface area (Å²) in [6.07, 6.45) is 75.5. The molecule has 0 amide bonds. The minimum atomic E-state index is -4.98. The highest BCUT2D eigenvalue weighted by Gasteiger charge is 2.30. The molecule has 0 aromatic heterocycles. The Bertz CT molecular complexity index is 2230. The average molecular weight is 1450 g/mol. The zero-order valence-electron chi connectivity index (χ0n) is 63.4. The van der Waals surface area contributed by atoms with Gasteiger partial charge >= 0.3 is 39.5 Å². The van der Waals surface area contributed by atoms with Crippen LogP contribution in [0.2, 0.25) is 0 Å². The van der Waals surface area contributed by atoms with Gasteiger partial charge in [0.25, 0.3) is 0 Å². The van der Waals surface area contributed by atoms with Crippen molar-refractivity contribution < 1.29 is 80.2 Å². The fraction of sp³-hybridized carbons (Fsp3) is 0.778. The second-order valence-corrected chi connectivity index (χ2v) is 29.6. The number of phosphoric ester groups is 2. The number of hydrogen-bond donors (Lipinski definition) is 3. The fourth-order valence-electron chi connectivity index (χ4n) is 10.7. The van der Waals surface area contributed by atoms with E-state index in [2.05, 4.69) is 113 Å². The first-order valence-corrected chi connectivity index (χ1v) is 42.8. The van der Waals surface area contributed by atoms with E-state index in [1.54, 1.807) is 0 Å². The van der Waals surface area contributed by atoms with E-state index in [-0.39, 0.29) is 25.7 Å². The summed E-state index contributed by atoms with van der Waals surface area (Å²) in [5.74, 6) is -2.21. The van der Waals surface area contributed by atoms with Crippen molar-refractivity contribution in [3.05, 3.63) is 85.1 Å². The minimum absolute atomic E-state index is 0.0765. The van der Waals surface area contributed by atoms with E-state index in [1.807, 2.05) is 0 Å². The van der Waals surface area contributed by atoms with Crippen LogP contribution in [0.15, 0.2) is 85.1 Å². The molecule has 0 aliphatic rings. The maximum Gasteiger partial charge on any atom is 0.472 e. The predicted octanol–water partition coefficient (Wildman–Crippen LogP) is 23.0. The number of esters is 4. The summed E-state index contributed by atoms with van der Waals surface area (Å²) in [6.45, 7) is 4.78. The third-order valence-corrected chi connectivity index (χ3v) is 18.7. The number of aliphatic hydroxyl groups excluding tert-OH is 1. The molecule has 3 N–H and O–H groups in total. The van der Waals surface area contributed by atoms with Crippen molar-refractivity contribution in [2.75, 3.05) is 39.6 Å². The quantitative estimate of drug-likeness (QED) is 0.0128. The van der Waals surface area contributed by atoms with Crippen LogP contribution in [-0.4, -0.2) is 96.7 Å². The lowest BCUT2D eigenvalue weighted by molar-refractivity contribution is -0.161. The number of allylic oxidation sites excluding steroid dienone is 14. The van der Waals surface area contributed by atoms with E-state index < -0.39 is 97.5 Å². The number of rotatable bonds is 75. The number of aliphatic hydroxyl groups is 1. The molecular formula is C81H144O17P2. The zero-order chi connectivity index (χ0) is 73.2. The van der Waals surface area contributed by atoms with Crippen molar-refractivity contribution in [2.45, 2.75) is 367 Å². The van der Waals surface area contributed by atoms with Gasteiger partial charge in [0.05, 0.1) is 26.4 Å². The summed E-state index contributed by atoms with van der Waals surface area (Å²) in [7, 11) is -9.96. The standard InChI is InChI=1S/C81H144O17P2/c1-5-9-13-17-21-25-29-33-37-41-45-49-53-57-61-65-78(83)91-71-76(97-80(85)67-63-59-55-51-47-43-39-35-31-27-23-19-15-11-7-3)73-95-99(87,88)93-69-75(82)70-94-100(89,90)96-74-77(98-81(86)68-64-60-56-52-48-44-40-36-32-28-24-20-16-12-8-4)72-92-79(84)66-62-58-54-50-46-42-38-34-30-26-22-18-14-10-6-2/h21,24-26,28,30,33-40,75-77,82H,5-20,22-23,27,29,31-32,41-74H2,1-4H3,(H,87,88)(H,89,90)/b25-21-,28-24-,30-26-,37-33-,38-34-,39-35-,40-36-/t75-,76+,77+/m0/s1. The van der Waals surface area contributed by atoms with Crippen LogP contribution in [0, 0.1) is 0 Å². The molecule has 17 nitrogen and oxygen atoms in total. The maximum absolute atomic E-state index is 13.1. The predicted molar refractivity (Wildman–Crippen MR) is 409 cm³/mol. The molecule has 0 aliphatic heterocycles. The molecule has 0 aliphatic carbocycles. The largest absolute Gasteiger partial charge is 0.472 e. The van der Waals surface area contributed by atoms with Crippen LogP contribution in [-0.2, 0) is 65.4 Å². The van der Waals surface area contributed by atoms with E-state index in [0.29, 0.717) is 25.7 Å². The van der Waals surface area contributed by atoms with Crippen molar-refractivity contribution in [3.8, 4) is 0 Å². The number of phosphoric acid groups is 2. The Hall–Kier alpha value is -3.76. The second kappa shape index (κ2) is 73.5. The highest BCUT2D eigenvalue weighted by molar-refractivity contribution is 7.47. The maximum atomic E-state index is 13.1. The summed E-state index contributed by atoms with van der Waals surface area (Å²) in [4.78, 5) is 73.0. The van der Waals surface area contributed by atoms with Crippen LogP contribution in [0.25, 0.3) is 0 Å². The van der Waals surface area contributed by atoms with Crippen LogP contribution >= 0.6 is 15.6 Å². The molecule has 0 spiro atoms. The SMILES string of the molecule is CCCCC/C=C\C/C=C\CCCCCCCC(=O)OC[C@H](COP(=O)(O)OC[C@H](O)COP(=O)(O)OC[C@@H](COC(=O)CCCCCCC/C=C\C=C/CCCCCC)OC(=O)CCCCCCC/C=C\C/C=C\CCCCC)OC(=O)CCCCCCC/C=C\CCCCCCCC. The minimum Gasteiger partial charge on any atom is -0.462 e. The van der Waals surface area contributed by atoms with Gasteiger partial charge in [0, 0.05) is 25.7 Å². The molecular weight excluding hydrogens is 1310 g/mol. The zero-order valence-corrected chi connectivity index (χ0v) is 65.2. The third kappa shape index (κ3) is 72.6. The highest BCUT2D eigenvalue weighted by Crippen LogP contribution is 2.45. The molecule has 19 heteroatoms. The Labute approximate surface area is 608 Å². The lowest BCUT2D eigenvalue weighted by atomic mass is 10.1. The average Bonchev–Trinajstić information content (AvgIpc) is 1.01. The first-order chi connectivity index (χ1) is 48.7. The Kier molecular flexibility index (Phi) is 70.8. The molecule has 0 rings (SSSR count). The molecule has 0 fully saturated rings. The van der Waals surface area contributed by atoms with Gasteiger partial charge in [0.15, 0.2) is 12.2 Å². The number of hydrogen-bond acceptors (Lipinski definition) is 15. The molecule has 0 saturated carbocycles. The van der Waals surface area contributed by atoms with E-state index in [0.717, 1.165) is 167 Å². The fourth-order valence-corrected chi connectivity index (χ4v) is 12.3. The first kappa shape index (κ1) is 96.2. The molecule has 0 saturated heterocycles. The number of carbonyl (C=O) groups is 4. The van der Waals surface area contributed by atoms with Crippen LogP contribution in [0.5, 0.6) is 0 Å². The van der Waals surface area contributed by atoms with Crippen LogP contribution in [0.4, 0.5) is 0 Å². The summed E-state index contributed by atoms with van der Waals surface area (Å²) in [6, 6.07) is 0. The normalized spacial score (nSPS) is 14.3. The number of unbranched alkanes of at least 4 members (excludes halogenated alkanes) is 36. The highest BCUT2D eigenvalue weighted by atomic mass is 31.2. The van der Waals surface area contributed by atoms with Gasteiger partial charge in [0.1, 0.15) is 19.3 Å². The van der Waals surface area contributed by atoms with Crippen LogP contribution in [0.1, 0.15) is 349 Å². The Balaban J connectivity index is 5.38. The number of carbonyl (C=O) groups excluding carboxylic acids is 4. The van der Waals surface area contributed by atoms with Gasteiger partial charge in [-0.1, -0.05) is 267 Å². The van der Waals surface area contributed by atoms with Crippen molar-refractivity contribution in [1.82, 2.24) is 0 Å². The summed E-state index contributed by atoms with van der Waals surface area (Å²) in [5.41, 5.74) is 0. The van der Waals surface area contributed by atoms with Gasteiger partial charge in [-0.15, -0.1) is 0 Å². The molecule has 2 unspecified atom stereocenters. The number of ether oxygens (including phenoxy) is 4. The van der Waals surface area contributed by atoms with Crippen molar-refractivity contribution in [3.63, 3.8) is 0 Å².